The maximum atomic E-state index is 14.2. The summed E-state index contributed by atoms with van der Waals surface area (Å²) in [5.41, 5.74) is -1.55. The number of carbonyl (C=O) groups excluding carboxylic acids is 5. The van der Waals surface area contributed by atoms with E-state index in [4.69, 9.17) is 9.47 Å². The molecule has 0 saturated carbocycles. The Bertz CT molecular complexity index is 1490. The highest BCUT2D eigenvalue weighted by atomic mass is 32.2. The number of ketones is 2. The third-order valence-electron chi connectivity index (χ3n) is 6.18. The first-order valence-electron chi connectivity index (χ1n) is 13.4. The van der Waals surface area contributed by atoms with Crippen LogP contribution in [0.1, 0.15) is 46.6 Å². The predicted molar refractivity (Wildman–Crippen MR) is 159 cm³/mol. The van der Waals surface area contributed by atoms with Gasteiger partial charge in [0.15, 0.2) is 5.78 Å². The van der Waals surface area contributed by atoms with Crippen LogP contribution in [0.2, 0.25) is 0 Å². The van der Waals surface area contributed by atoms with Gasteiger partial charge >= 0.3 is 12.1 Å². The molecule has 12 nitrogen and oxygen atoms in total. The Balaban J connectivity index is 2.19. The molecule has 43 heavy (non-hydrogen) atoms. The van der Waals surface area contributed by atoms with Crippen molar-refractivity contribution in [3.63, 3.8) is 0 Å². The van der Waals surface area contributed by atoms with Crippen LogP contribution in [0.4, 0.5) is 4.79 Å². The van der Waals surface area contributed by atoms with Gasteiger partial charge in [0.05, 0.1) is 16.9 Å². The van der Waals surface area contributed by atoms with Gasteiger partial charge in [-0.15, -0.1) is 11.8 Å². The molecule has 0 aromatic heterocycles. The molecule has 1 fully saturated rings. The van der Waals surface area contributed by atoms with Crippen molar-refractivity contribution in [2.75, 3.05) is 19.8 Å². The summed E-state index contributed by atoms with van der Waals surface area (Å²) in [6.07, 6.45) is 0.987. The minimum Gasteiger partial charge on any atom is -0.458 e. The van der Waals surface area contributed by atoms with Crippen LogP contribution >= 0.6 is 11.8 Å². The monoisotopic (exact) mass is 635 g/mol. The lowest BCUT2D eigenvalue weighted by molar-refractivity contribution is -0.163. The number of amides is 2. The summed E-state index contributed by atoms with van der Waals surface area (Å²) in [5.74, 6) is -4.10. The lowest BCUT2D eigenvalue weighted by Gasteiger charge is -2.33. The van der Waals surface area contributed by atoms with Crippen molar-refractivity contribution in [3.05, 3.63) is 53.3 Å². The number of sulfonamides is 1. The first-order valence-corrected chi connectivity index (χ1v) is 15.9. The van der Waals surface area contributed by atoms with Crippen LogP contribution in [0.25, 0.3) is 0 Å². The van der Waals surface area contributed by atoms with Gasteiger partial charge in [0.2, 0.25) is 11.8 Å². The summed E-state index contributed by atoms with van der Waals surface area (Å²) in [5, 5.41) is 1.92. The van der Waals surface area contributed by atoms with Gasteiger partial charge in [-0.1, -0.05) is 17.7 Å². The summed E-state index contributed by atoms with van der Waals surface area (Å²) in [6, 6.07) is 3.19. The zero-order chi connectivity index (χ0) is 32.5. The fraction of sp³-hybridized carbons (Fsp3) is 0.483. The summed E-state index contributed by atoms with van der Waals surface area (Å²) in [7, 11) is -1.96. The average Bonchev–Trinajstić information content (AvgIpc) is 3.25. The molecule has 2 aliphatic rings. The number of benzene rings is 1. The van der Waals surface area contributed by atoms with Gasteiger partial charge in [-0.3, -0.25) is 19.7 Å². The van der Waals surface area contributed by atoms with Crippen LogP contribution in [0.3, 0.4) is 0 Å². The number of nitrogens with zero attached hydrogens (tertiary/aromatic N) is 2. The van der Waals surface area contributed by atoms with E-state index in [2.05, 4.69) is 5.32 Å². The largest absolute Gasteiger partial charge is 0.458 e. The molecule has 2 amide bonds. The number of hydrogen-bond donors (Lipinski definition) is 1. The molecular formula is C29H37N3O9S2. The second-order valence-electron chi connectivity index (χ2n) is 12.0. The van der Waals surface area contributed by atoms with Gasteiger partial charge in [0, 0.05) is 25.4 Å². The Morgan fingerprint density at radius 3 is 2.16 bits per heavy atom. The van der Waals surface area contributed by atoms with E-state index in [0.29, 0.717) is 5.75 Å². The van der Waals surface area contributed by atoms with Crippen molar-refractivity contribution in [1.29, 1.82) is 0 Å². The molecule has 14 heteroatoms. The Morgan fingerprint density at radius 1 is 1.07 bits per heavy atom. The van der Waals surface area contributed by atoms with Gasteiger partial charge in [-0.05, 0) is 65.8 Å². The molecule has 0 radical (unpaired) electrons. The third kappa shape index (κ3) is 8.12. The molecule has 234 valence electrons. The topological polar surface area (TPSA) is 156 Å². The zero-order valence-electron chi connectivity index (χ0n) is 25.4. The lowest BCUT2D eigenvalue weighted by atomic mass is 9.94. The first-order chi connectivity index (χ1) is 19.7. The van der Waals surface area contributed by atoms with Crippen LogP contribution in [-0.2, 0) is 38.7 Å². The minimum atomic E-state index is -4.85. The van der Waals surface area contributed by atoms with Crippen LogP contribution in [0, 0.1) is 6.92 Å². The lowest BCUT2D eigenvalue weighted by Crippen LogP contribution is -2.59. The van der Waals surface area contributed by atoms with E-state index in [0.717, 1.165) is 28.3 Å². The Morgan fingerprint density at radius 2 is 1.67 bits per heavy atom. The second-order valence-corrected chi connectivity index (χ2v) is 15.0. The number of carbonyl (C=O) groups is 5. The van der Waals surface area contributed by atoms with Crippen LogP contribution in [0.15, 0.2) is 52.6 Å². The number of aryl methyl sites for hydroxylation is 1. The fourth-order valence-corrected chi connectivity index (χ4v) is 6.98. The maximum Gasteiger partial charge on any atom is 0.414 e. The van der Waals surface area contributed by atoms with Crippen molar-refractivity contribution in [1.82, 2.24) is 14.5 Å². The molecular weight excluding hydrogens is 598 g/mol. The smallest absolute Gasteiger partial charge is 0.414 e. The molecule has 1 heterocycles. The van der Waals surface area contributed by atoms with Crippen LogP contribution < -0.4 is 5.32 Å². The number of esters is 1. The summed E-state index contributed by atoms with van der Waals surface area (Å²) in [4.78, 5) is 67.7. The molecule has 1 aromatic rings. The fourth-order valence-electron chi connectivity index (χ4n) is 4.08. The Kier molecular flexibility index (Phi) is 9.98. The molecule has 0 spiro atoms. The van der Waals surface area contributed by atoms with Crippen molar-refractivity contribution in [3.8, 4) is 0 Å². The summed E-state index contributed by atoms with van der Waals surface area (Å²) >= 11 is 1.12. The van der Waals surface area contributed by atoms with Gasteiger partial charge < -0.3 is 14.4 Å². The van der Waals surface area contributed by atoms with E-state index >= 15 is 0 Å². The number of rotatable bonds is 8. The van der Waals surface area contributed by atoms with E-state index in [9.17, 15) is 32.4 Å². The highest BCUT2D eigenvalue weighted by Crippen LogP contribution is 2.32. The van der Waals surface area contributed by atoms with Gasteiger partial charge in [0.25, 0.3) is 15.9 Å². The molecule has 3 rings (SSSR count). The molecule has 1 aromatic carbocycles. The first kappa shape index (κ1) is 34.0. The Hall–Kier alpha value is -3.49. The minimum absolute atomic E-state index is 0.0527. The summed E-state index contributed by atoms with van der Waals surface area (Å²) in [6.45, 7) is 9.93. The number of ether oxygens (including phenoxy) is 2. The molecule has 2 atom stereocenters. The molecule has 0 unspecified atom stereocenters. The van der Waals surface area contributed by atoms with Crippen molar-refractivity contribution >= 4 is 51.3 Å². The van der Waals surface area contributed by atoms with Gasteiger partial charge in [-0.2, -0.15) is 0 Å². The number of thioether (sulfide) groups is 1. The van der Waals surface area contributed by atoms with Crippen molar-refractivity contribution in [2.24, 2.45) is 0 Å². The van der Waals surface area contributed by atoms with Crippen molar-refractivity contribution in [2.45, 2.75) is 75.4 Å². The average molecular weight is 636 g/mol. The normalized spacial score (nSPS) is 19.1. The molecule has 1 aliphatic heterocycles. The molecule has 0 bridgehead atoms. The van der Waals surface area contributed by atoms with Crippen LogP contribution in [-0.4, -0.2) is 89.6 Å². The zero-order valence-corrected chi connectivity index (χ0v) is 27.1. The summed E-state index contributed by atoms with van der Waals surface area (Å²) < 4.78 is 39.1. The van der Waals surface area contributed by atoms with Crippen LogP contribution in [0.5, 0.6) is 0 Å². The Labute approximate surface area is 255 Å². The van der Waals surface area contributed by atoms with E-state index in [1.807, 2.05) is 13.8 Å². The standard InChI is InChI=1S/C29H37N3O9S2/c1-17-9-12-19(13-10-17)43(38,39)32(25(35)24-30-29(5,6)16-42-24)22(26(36)41-28(2,3)4)23(34)20-14-11-18(15-21(20)33)40-27(37)31(7)8/h9-14,22,24,30H,15-16H2,1-8H3/t22-,24-/m0/s1. The van der Waals surface area contributed by atoms with E-state index in [1.54, 1.807) is 6.92 Å². The van der Waals surface area contributed by atoms with Crippen molar-refractivity contribution < 1.29 is 41.9 Å². The number of Topliss-reactive ketones (excluding diaryl/α,β-unsaturated/α-hetero) is 2. The van der Waals surface area contributed by atoms with E-state index in [-0.39, 0.29) is 15.0 Å². The number of hydrogen-bond acceptors (Lipinski definition) is 11. The number of allylic oxidation sites excluding steroid dienone is 3. The molecule has 1 aliphatic carbocycles. The highest BCUT2D eigenvalue weighted by molar-refractivity contribution is 8.01. The number of nitrogens with one attached hydrogen (secondary N) is 1. The SMILES string of the molecule is Cc1ccc(S(=O)(=O)N(C(=O)[C@H]2NC(C)(C)CS2)[C@H](C(=O)OC(C)(C)C)C(=O)C2=CC=C(OC(=O)N(C)C)CC2=O)cc1. The van der Waals surface area contributed by atoms with E-state index < -0.39 is 74.1 Å². The maximum absolute atomic E-state index is 14.2. The van der Waals surface area contributed by atoms with Gasteiger partial charge in [0.1, 0.15) is 16.7 Å². The second kappa shape index (κ2) is 12.6. The third-order valence-corrected chi connectivity index (χ3v) is 9.50. The molecule has 1 N–H and O–H groups in total. The van der Waals surface area contributed by atoms with E-state index in [1.165, 1.54) is 65.2 Å². The quantitative estimate of drug-likeness (QED) is 0.255. The highest BCUT2D eigenvalue weighted by Gasteiger charge is 2.51. The predicted octanol–water partition coefficient (Wildman–Crippen LogP) is 2.71. The van der Waals surface area contributed by atoms with Gasteiger partial charge in [-0.25, -0.2) is 22.3 Å². The molecule has 1 saturated heterocycles.